The number of halogens is 4. The van der Waals surface area contributed by atoms with Crippen LogP contribution >= 0.6 is 0 Å². The van der Waals surface area contributed by atoms with E-state index in [1.54, 1.807) is 0 Å². The van der Waals surface area contributed by atoms with Crippen LogP contribution in [-0.2, 0) is 0 Å². The molecule has 42 heavy (non-hydrogen) atoms. The minimum atomic E-state index is -2.92. The van der Waals surface area contributed by atoms with Gasteiger partial charge in [-0.1, -0.05) is 24.3 Å². The van der Waals surface area contributed by atoms with Crippen LogP contribution < -0.4 is 15.0 Å². The fourth-order valence-electron chi connectivity index (χ4n) is 7.21. The quantitative estimate of drug-likeness (QED) is 0.305. The summed E-state index contributed by atoms with van der Waals surface area (Å²) in [5.74, 6) is -1.18. The Morgan fingerprint density at radius 1 is 1.07 bits per heavy atom. The summed E-state index contributed by atoms with van der Waals surface area (Å²) in [5.41, 5.74) is 1.09. The molecule has 2 aromatic heterocycles. The molecule has 4 aliphatic rings. The molecule has 7 rings (SSSR count). The van der Waals surface area contributed by atoms with E-state index < -0.39 is 23.6 Å². The Morgan fingerprint density at radius 2 is 1.76 bits per heavy atom. The second-order valence-corrected chi connectivity index (χ2v) is 12.3. The maximum absolute atomic E-state index is 16.4. The van der Waals surface area contributed by atoms with Crippen molar-refractivity contribution in [3.63, 3.8) is 0 Å². The van der Waals surface area contributed by atoms with Crippen LogP contribution in [0.5, 0.6) is 6.01 Å². The first-order valence-corrected chi connectivity index (χ1v) is 14.3. The molecule has 4 fully saturated rings. The number of nitrogens with zero attached hydrogens (tertiary/aromatic N) is 5. The maximum Gasteiger partial charge on any atom is 0.319 e. The van der Waals surface area contributed by atoms with Crippen molar-refractivity contribution >= 4 is 16.7 Å². The number of aromatic nitrogens is 3. The third-order valence-electron chi connectivity index (χ3n) is 9.16. The SMILES string of the molecule is C=C1CN2CC(=C)CC2(COc2nc(N3C[C@H]4CC[C@@H](C3)N4)c3cnc(-c4cc(C(F)F)cc(F)c4C)c(F)c3n2)C1. The molecule has 2 atom stereocenters. The molecule has 4 saturated heterocycles. The lowest BCUT2D eigenvalue weighted by molar-refractivity contribution is 0.108. The van der Waals surface area contributed by atoms with E-state index in [1.165, 1.54) is 13.1 Å². The van der Waals surface area contributed by atoms with Gasteiger partial charge in [-0.05, 0) is 50.3 Å². The predicted molar refractivity (Wildman–Crippen MR) is 152 cm³/mol. The molecule has 0 saturated carbocycles. The van der Waals surface area contributed by atoms with Crippen LogP contribution in [-0.4, -0.2) is 70.3 Å². The van der Waals surface area contributed by atoms with Gasteiger partial charge in [0.05, 0.1) is 10.9 Å². The van der Waals surface area contributed by atoms with Crippen molar-refractivity contribution in [1.82, 2.24) is 25.2 Å². The number of nitrogens with one attached hydrogen (secondary N) is 1. The summed E-state index contributed by atoms with van der Waals surface area (Å²) < 4.78 is 64.3. The molecule has 0 spiro atoms. The van der Waals surface area contributed by atoms with Crippen LogP contribution in [0.1, 0.15) is 43.2 Å². The molecule has 0 aliphatic carbocycles. The van der Waals surface area contributed by atoms with Gasteiger partial charge in [0.2, 0.25) is 0 Å². The summed E-state index contributed by atoms with van der Waals surface area (Å²) in [4.78, 5) is 18.0. The van der Waals surface area contributed by atoms with Crippen molar-refractivity contribution < 1.29 is 22.3 Å². The van der Waals surface area contributed by atoms with E-state index >= 15 is 4.39 Å². The first-order valence-electron chi connectivity index (χ1n) is 14.3. The summed E-state index contributed by atoms with van der Waals surface area (Å²) >= 11 is 0. The first-order chi connectivity index (χ1) is 20.1. The number of rotatable bonds is 6. The van der Waals surface area contributed by atoms with E-state index in [-0.39, 0.29) is 40.5 Å². The number of hydrogen-bond donors (Lipinski definition) is 1. The van der Waals surface area contributed by atoms with Gasteiger partial charge in [-0.3, -0.25) is 9.88 Å². The van der Waals surface area contributed by atoms with Gasteiger partial charge in [-0.2, -0.15) is 9.97 Å². The number of hydrogen-bond acceptors (Lipinski definition) is 7. The van der Waals surface area contributed by atoms with Crippen LogP contribution in [0.2, 0.25) is 0 Å². The Balaban J connectivity index is 1.33. The van der Waals surface area contributed by atoms with E-state index in [4.69, 9.17) is 9.72 Å². The predicted octanol–water partition coefficient (Wildman–Crippen LogP) is 5.50. The Morgan fingerprint density at radius 3 is 2.43 bits per heavy atom. The normalized spacial score (nSPS) is 23.4. The van der Waals surface area contributed by atoms with Crippen molar-refractivity contribution in [3.8, 4) is 17.3 Å². The molecule has 1 N–H and O–H groups in total. The van der Waals surface area contributed by atoms with E-state index in [1.807, 2.05) is 0 Å². The smallest absolute Gasteiger partial charge is 0.319 e. The van der Waals surface area contributed by atoms with E-state index in [0.717, 1.165) is 62.1 Å². The highest BCUT2D eigenvalue weighted by molar-refractivity contribution is 5.92. The number of anilines is 1. The van der Waals surface area contributed by atoms with Crippen LogP contribution in [0.4, 0.5) is 23.4 Å². The number of ether oxygens (including phenoxy) is 1. The Bertz CT molecular complexity index is 1590. The van der Waals surface area contributed by atoms with Crippen molar-refractivity contribution in [1.29, 1.82) is 0 Å². The fraction of sp³-hybridized carbons (Fsp3) is 0.452. The second-order valence-electron chi connectivity index (χ2n) is 12.3. The molecular weight excluding hydrogens is 548 g/mol. The zero-order valence-electron chi connectivity index (χ0n) is 23.4. The highest BCUT2D eigenvalue weighted by Gasteiger charge is 2.48. The first kappa shape index (κ1) is 27.3. The zero-order valence-corrected chi connectivity index (χ0v) is 23.4. The standard InChI is InChI=1S/C31H32F4N6O/c1-16-8-31(9-17(2)12-41(31)11-16)15-42-30-38-27-23(29(39-30)40-13-20-4-5-21(14-40)37-20)10-36-26(25(27)33)22-6-19(28(34)35)7-24(32)18(22)3/h6-7,10,20-21,28,37H,1-2,4-5,8-9,11-15H2,3H3/t20-,21+. The third kappa shape index (κ3) is 4.53. The van der Waals surface area contributed by atoms with Crippen molar-refractivity contribution in [2.45, 2.75) is 56.7 Å². The molecule has 3 aromatic rings. The van der Waals surface area contributed by atoms with Crippen molar-refractivity contribution in [3.05, 3.63) is 65.4 Å². The molecule has 11 heteroatoms. The molecule has 7 nitrogen and oxygen atoms in total. The summed E-state index contributed by atoms with van der Waals surface area (Å²) in [6.45, 7) is 13.0. The lowest BCUT2D eigenvalue weighted by atomic mass is 9.92. The van der Waals surface area contributed by atoms with Gasteiger partial charge >= 0.3 is 6.01 Å². The molecule has 0 radical (unpaired) electrons. The van der Waals surface area contributed by atoms with Crippen LogP contribution in [0, 0.1) is 18.6 Å². The van der Waals surface area contributed by atoms with Gasteiger partial charge in [-0.15, -0.1) is 0 Å². The number of benzene rings is 1. The minimum absolute atomic E-state index is 0.0213. The molecule has 6 heterocycles. The summed E-state index contributed by atoms with van der Waals surface area (Å²) in [7, 11) is 0. The van der Waals surface area contributed by atoms with Gasteiger partial charge in [-0.25, -0.2) is 17.6 Å². The summed E-state index contributed by atoms with van der Waals surface area (Å²) in [6.07, 6.45) is 2.15. The Labute approximate surface area is 241 Å². The van der Waals surface area contributed by atoms with E-state index in [2.05, 4.69) is 38.2 Å². The second kappa shape index (κ2) is 10.0. The lowest BCUT2D eigenvalue weighted by Crippen LogP contribution is -2.51. The molecule has 220 valence electrons. The molecule has 0 unspecified atom stereocenters. The topological polar surface area (TPSA) is 66.4 Å². The zero-order chi connectivity index (χ0) is 29.3. The highest BCUT2D eigenvalue weighted by atomic mass is 19.3. The van der Waals surface area contributed by atoms with E-state index in [9.17, 15) is 13.2 Å². The lowest BCUT2D eigenvalue weighted by Gasteiger charge is -2.34. The van der Waals surface area contributed by atoms with Crippen LogP contribution in [0.15, 0.2) is 42.6 Å². The van der Waals surface area contributed by atoms with E-state index in [0.29, 0.717) is 36.4 Å². The van der Waals surface area contributed by atoms with Gasteiger partial charge in [0.25, 0.3) is 6.43 Å². The number of pyridine rings is 1. The highest BCUT2D eigenvalue weighted by Crippen LogP contribution is 2.43. The largest absolute Gasteiger partial charge is 0.461 e. The van der Waals surface area contributed by atoms with Gasteiger partial charge in [0.1, 0.15) is 29.5 Å². The van der Waals surface area contributed by atoms with Crippen LogP contribution in [0.3, 0.4) is 0 Å². The Kier molecular flexibility index (Phi) is 6.50. The number of piperazine rings is 1. The third-order valence-corrected chi connectivity index (χ3v) is 9.16. The molecule has 2 bridgehead atoms. The van der Waals surface area contributed by atoms with Gasteiger partial charge < -0.3 is 15.0 Å². The Hall–Kier alpha value is -3.57. The van der Waals surface area contributed by atoms with Crippen molar-refractivity contribution in [2.24, 2.45) is 0 Å². The average molecular weight is 581 g/mol. The molecular formula is C31H32F4N6O. The van der Waals surface area contributed by atoms with Gasteiger partial charge in [0, 0.05) is 55.6 Å². The van der Waals surface area contributed by atoms with Crippen molar-refractivity contribution in [2.75, 3.05) is 37.7 Å². The monoisotopic (exact) mass is 580 g/mol. The van der Waals surface area contributed by atoms with Gasteiger partial charge in [0.15, 0.2) is 5.82 Å². The maximum atomic E-state index is 16.4. The molecule has 0 amide bonds. The minimum Gasteiger partial charge on any atom is -0.461 e. The molecule has 4 aliphatic heterocycles. The average Bonchev–Trinajstić information content (AvgIpc) is 3.55. The number of fused-ring (bicyclic) bond motifs is 4. The fourth-order valence-corrected chi connectivity index (χ4v) is 7.21. The summed E-state index contributed by atoms with van der Waals surface area (Å²) in [6, 6.07) is 2.46. The van der Waals surface area contributed by atoms with Crippen LogP contribution in [0.25, 0.3) is 22.2 Å². The summed E-state index contributed by atoms with van der Waals surface area (Å²) in [5, 5.41) is 3.98. The number of alkyl halides is 2. The molecule has 1 aromatic carbocycles.